The molecule has 1 aliphatic carbocycles. The summed E-state index contributed by atoms with van der Waals surface area (Å²) in [6, 6.07) is 21.5. The van der Waals surface area contributed by atoms with Crippen LogP contribution in [-0.2, 0) is 32.6 Å². The molecule has 10 nitrogen and oxygen atoms in total. The van der Waals surface area contributed by atoms with Gasteiger partial charge in [-0.1, -0.05) is 61.7 Å². The molecular formula is C35H43N3O7S. The monoisotopic (exact) mass is 649 g/mol. The number of anilines is 1. The van der Waals surface area contributed by atoms with Gasteiger partial charge in [0.25, 0.3) is 0 Å². The molecule has 1 atom stereocenters. The summed E-state index contributed by atoms with van der Waals surface area (Å²) in [4.78, 5) is 29.8. The van der Waals surface area contributed by atoms with E-state index in [9.17, 15) is 18.0 Å². The summed E-state index contributed by atoms with van der Waals surface area (Å²) in [6.07, 6.45) is 6.93. The van der Waals surface area contributed by atoms with Gasteiger partial charge >= 0.3 is 0 Å². The third-order valence-electron chi connectivity index (χ3n) is 8.51. The van der Waals surface area contributed by atoms with Gasteiger partial charge in [-0.25, -0.2) is 8.42 Å². The van der Waals surface area contributed by atoms with E-state index in [1.165, 1.54) is 4.31 Å². The maximum absolute atomic E-state index is 14.2. The zero-order valence-corrected chi connectivity index (χ0v) is 27.3. The fourth-order valence-corrected chi connectivity index (χ4v) is 7.07. The van der Waals surface area contributed by atoms with E-state index in [1.54, 1.807) is 30.2 Å². The summed E-state index contributed by atoms with van der Waals surface area (Å²) in [6.45, 7) is 0.353. The number of ether oxygens (including phenoxy) is 3. The van der Waals surface area contributed by atoms with Crippen molar-refractivity contribution in [2.24, 2.45) is 0 Å². The van der Waals surface area contributed by atoms with E-state index in [4.69, 9.17) is 14.2 Å². The quantitative estimate of drug-likeness (QED) is 0.260. The van der Waals surface area contributed by atoms with Gasteiger partial charge in [-0.15, -0.1) is 0 Å². The van der Waals surface area contributed by atoms with Crippen molar-refractivity contribution in [3.8, 4) is 17.2 Å². The lowest BCUT2D eigenvalue weighted by molar-refractivity contribution is -0.141. The van der Waals surface area contributed by atoms with Crippen LogP contribution in [0.25, 0.3) is 0 Å². The number of methoxy groups -OCH3 is 1. The molecule has 0 aromatic heterocycles. The number of nitrogens with zero attached hydrogens (tertiary/aromatic N) is 2. The minimum Gasteiger partial charge on any atom is -0.497 e. The summed E-state index contributed by atoms with van der Waals surface area (Å²) >= 11 is 0. The third kappa shape index (κ3) is 8.72. The molecule has 2 amide bonds. The number of rotatable bonds is 14. The topological polar surface area (TPSA) is 114 Å². The van der Waals surface area contributed by atoms with Crippen LogP contribution in [0.15, 0.2) is 72.8 Å². The highest BCUT2D eigenvalue weighted by Crippen LogP contribution is 2.36. The zero-order chi connectivity index (χ0) is 32.5. The first-order valence-corrected chi connectivity index (χ1v) is 17.7. The molecule has 3 aromatic rings. The Morgan fingerprint density at radius 1 is 0.935 bits per heavy atom. The van der Waals surface area contributed by atoms with Gasteiger partial charge in [0.1, 0.15) is 11.8 Å². The molecule has 46 heavy (non-hydrogen) atoms. The van der Waals surface area contributed by atoms with Crippen molar-refractivity contribution in [2.75, 3.05) is 31.0 Å². The van der Waals surface area contributed by atoms with Crippen molar-refractivity contribution in [3.63, 3.8) is 0 Å². The van der Waals surface area contributed by atoms with Gasteiger partial charge in [0.15, 0.2) is 11.5 Å². The molecule has 5 rings (SSSR count). The molecule has 1 aliphatic heterocycles. The van der Waals surface area contributed by atoms with Gasteiger partial charge in [-0.05, 0) is 54.7 Å². The van der Waals surface area contributed by atoms with E-state index in [2.05, 4.69) is 5.32 Å². The highest BCUT2D eigenvalue weighted by atomic mass is 32.2. The first-order valence-electron chi connectivity index (χ1n) is 15.9. The molecule has 1 N–H and O–H groups in total. The molecule has 0 bridgehead atoms. The van der Waals surface area contributed by atoms with Crippen molar-refractivity contribution in [3.05, 3.63) is 83.9 Å². The molecule has 0 spiro atoms. The number of carbonyl (C=O) groups is 2. The number of fused-ring (bicyclic) bond motifs is 1. The van der Waals surface area contributed by atoms with Gasteiger partial charge in [0.2, 0.25) is 28.6 Å². The fourth-order valence-electron chi connectivity index (χ4n) is 6.11. The minimum atomic E-state index is -3.66. The lowest BCUT2D eigenvalue weighted by atomic mass is 9.94. The number of hydrogen-bond donors (Lipinski definition) is 1. The average molecular weight is 650 g/mol. The summed E-state index contributed by atoms with van der Waals surface area (Å²) in [7, 11) is -2.07. The lowest BCUT2D eigenvalue weighted by Crippen LogP contribution is -2.52. The zero-order valence-electron chi connectivity index (χ0n) is 26.5. The second kappa shape index (κ2) is 15.4. The molecule has 1 fully saturated rings. The largest absolute Gasteiger partial charge is 0.497 e. The van der Waals surface area contributed by atoms with Crippen LogP contribution in [0.4, 0.5) is 5.69 Å². The second-order valence-electron chi connectivity index (χ2n) is 11.9. The smallest absolute Gasteiger partial charge is 0.243 e. The van der Waals surface area contributed by atoms with E-state index in [0.29, 0.717) is 29.4 Å². The van der Waals surface area contributed by atoms with E-state index in [0.717, 1.165) is 49.5 Å². The van der Waals surface area contributed by atoms with Crippen molar-refractivity contribution in [1.29, 1.82) is 0 Å². The van der Waals surface area contributed by atoms with E-state index in [1.807, 2.05) is 54.6 Å². The number of carbonyl (C=O) groups excluding carboxylic acids is 2. The van der Waals surface area contributed by atoms with Crippen molar-refractivity contribution in [1.82, 2.24) is 10.2 Å². The first-order chi connectivity index (χ1) is 22.2. The summed E-state index contributed by atoms with van der Waals surface area (Å²) in [5.41, 5.74) is 2.20. The molecule has 246 valence electrons. The highest BCUT2D eigenvalue weighted by Gasteiger charge is 2.32. The molecule has 2 aliphatic rings. The van der Waals surface area contributed by atoms with Crippen LogP contribution < -0.4 is 23.8 Å². The standard InChI is InChI=1S/C35H43N3O7S/c1-43-30-16-9-13-27(21-30)24-37(31(22-26-11-5-3-6-12-26)35(40)36-28-14-7-4-8-15-28)34(39)17-10-20-38(46(2,41)42)29-18-19-32-33(23-29)45-25-44-32/h3,5-6,9,11-13,16,18-19,21,23,28,31H,4,7-8,10,14-15,17,20,22,24-25H2,1-2H3,(H,36,40)/t31-/m1/s1. The first kappa shape index (κ1) is 33.1. The normalized spacial score (nSPS) is 15.2. The van der Waals surface area contributed by atoms with Crippen LogP contribution in [0.1, 0.15) is 56.1 Å². The van der Waals surface area contributed by atoms with Crippen LogP contribution in [0.5, 0.6) is 17.2 Å². The van der Waals surface area contributed by atoms with Crippen molar-refractivity contribution < 1.29 is 32.2 Å². The number of hydrogen-bond acceptors (Lipinski definition) is 7. The Kier molecular flexibility index (Phi) is 11.1. The summed E-state index contributed by atoms with van der Waals surface area (Å²) in [5, 5.41) is 3.25. The molecule has 0 radical (unpaired) electrons. The summed E-state index contributed by atoms with van der Waals surface area (Å²) < 4.78 is 43.2. The van der Waals surface area contributed by atoms with Crippen LogP contribution in [0, 0.1) is 0 Å². The van der Waals surface area contributed by atoms with Crippen LogP contribution >= 0.6 is 0 Å². The Labute approximate surface area is 271 Å². The predicted molar refractivity (Wildman–Crippen MR) is 176 cm³/mol. The maximum Gasteiger partial charge on any atom is 0.243 e. The molecule has 0 saturated heterocycles. The Balaban J connectivity index is 1.39. The number of nitrogens with one attached hydrogen (secondary N) is 1. The molecule has 0 unspecified atom stereocenters. The average Bonchev–Trinajstić information content (AvgIpc) is 3.53. The van der Waals surface area contributed by atoms with E-state index >= 15 is 0 Å². The van der Waals surface area contributed by atoms with Gasteiger partial charge in [0, 0.05) is 38.0 Å². The van der Waals surface area contributed by atoms with Crippen LogP contribution in [-0.4, -0.2) is 63.9 Å². The Morgan fingerprint density at radius 3 is 2.41 bits per heavy atom. The van der Waals surface area contributed by atoms with Crippen LogP contribution in [0.2, 0.25) is 0 Å². The Bertz CT molecular complexity index is 1590. The number of sulfonamides is 1. The van der Waals surface area contributed by atoms with Crippen molar-refractivity contribution >= 4 is 27.5 Å². The minimum absolute atomic E-state index is 0.0442. The maximum atomic E-state index is 14.2. The Hall–Kier alpha value is -4.25. The van der Waals surface area contributed by atoms with Gasteiger partial charge in [0.05, 0.1) is 19.1 Å². The molecule has 1 heterocycles. The van der Waals surface area contributed by atoms with Gasteiger partial charge in [-0.2, -0.15) is 0 Å². The van der Waals surface area contributed by atoms with Crippen LogP contribution in [0.3, 0.4) is 0 Å². The molecular weight excluding hydrogens is 606 g/mol. The van der Waals surface area contributed by atoms with Gasteiger partial charge < -0.3 is 24.4 Å². The molecule has 3 aromatic carbocycles. The van der Waals surface area contributed by atoms with E-state index < -0.39 is 16.1 Å². The van der Waals surface area contributed by atoms with Crippen molar-refractivity contribution in [2.45, 2.75) is 70.0 Å². The highest BCUT2D eigenvalue weighted by molar-refractivity contribution is 7.92. The molecule has 11 heteroatoms. The van der Waals surface area contributed by atoms with Gasteiger partial charge in [-0.3, -0.25) is 13.9 Å². The van der Waals surface area contributed by atoms with E-state index in [-0.39, 0.29) is 50.6 Å². The summed E-state index contributed by atoms with van der Waals surface area (Å²) in [5.74, 6) is 1.27. The SMILES string of the molecule is COc1cccc(CN(C(=O)CCCN(c2ccc3c(c2)OCO3)S(C)(=O)=O)[C@H](Cc2ccccc2)C(=O)NC2CCCCC2)c1. The fraction of sp³-hybridized carbons (Fsp3) is 0.429. The lowest BCUT2D eigenvalue weighted by Gasteiger charge is -2.34. The Morgan fingerprint density at radius 2 is 1.67 bits per heavy atom. The number of benzene rings is 3. The molecule has 1 saturated carbocycles. The second-order valence-corrected chi connectivity index (χ2v) is 13.8. The number of amides is 2. The third-order valence-corrected chi connectivity index (χ3v) is 9.70. The predicted octanol–water partition coefficient (Wildman–Crippen LogP) is 5.06.